The van der Waals surface area contributed by atoms with Gasteiger partial charge in [0.15, 0.2) is 5.82 Å². The second-order valence-corrected chi connectivity index (χ2v) is 3.58. The van der Waals surface area contributed by atoms with Crippen LogP contribution in [0.1, 0.15) is 49.6 Å². The van der Waals surface area contributed by atoms with Crippen molar-refractivity contribution in [3.8, 4) is 0 Å². The molecule has 1 aromatic heterocycles. The molecule has 1 unspecified atom stereocenters. The number of rotatable bonds is 4. The van der Waals surface area contributed by atoms with Gasteiger partial charge in [-0.3, -0.25) is 0 Å². The van der Waals surface area contributed by atoms with E-state index in [-0.39, 0.29) is 6.10 Å². The zero-order chi connectivity index (χ0) is 11.4. The number of hydrogen-bond donors (Lipinski definition) is 1. The van der Waals surface area contributed by atoms with Gasteiger partial charge < -0.3 is 9.84 Å². The van der Waals surface area contributed by atoms with Gasteiger partial charge in [0, 0.05) is 24.6 Å². The zero-order valence-corrected chi connectivity index (χ0v) is 9.69. The Morgan fingerprint density at radius 1 is 1.53 bits per heavy atom. The van der Waals surface area contributed by atoms with Gasteiger partial charge in [-0.05, 0) is 20.3 Å². The van der Waals surface area contributed by atoms with E-state index in [9.17, 15) is 5.11 Å². The first-order valence-corrected chi connectivity index (χ1v) is 5.14. The summed E-state index contributed by atoms with van der Waals surface area (Å²) in [5, 5.41) is 9.44. The lowest BCUT2D eigenvalue weighted by atomic mass is 10.1. The Balaban J connectivity index is 3.00. The summed E-state index contributed by atoms with van der Waals surface area (Å²) in [5.74, 6) is 0.682. The first-order valence-electron chi connectivity index (χ1n) is 5.14. The molecule has 4 heteroatoms. The molecule has 0 aliphatic heterocycles. The van der Waals surface area contributed by atoms with Crippen LogP contribution < -0.4 is 0 Å². The smallest absolute Gasteiger partial charge is 0.157 e. The average Bonchev–Trinajstić information content (AvgIpc) is 2.19. The van der Waals surface area contributed by atoms with Gasteiger partial charge in [0.25, 0.3) is 0 Å². The molecule has 1 heterocycles. The summed E-state index contributed by atoms with van der Waals surface area (Å²) in [7, 11) is 1.65. The van der Waals surface area contributed by atoms with Crippen LogP contribution in [0.25, 0.3) is 0 Å². The van der Waals surface area contributed by atoms with Crippen LogP contribution in [0.2, 0.25) is 0 Å². The molecular formula is C11H18N2O2. The lowest BCUT2D eigenvalue weighted by Gasteiger charge is -2.14. The highest BCUT2D eigenvalue weighted by molar-refractivity contribution is 5.18. The van der Waals surface area contributed by atoms with Crippen molar-refractivity contribution in [1.82, 2.24) is 9.97 Å². The summed E-state index contributed by atoms with van der Waals surface area (Å²) >= 11 is 0. The molecule has 4 nitrogen and oxygen atoms in total. The summed E-state index contributed by atoms with van der Waals surface area (Å²) in [6.07, 6.45) is 1.92. The largest absolute Gasteiger partial charge is 0.389 e. The van der Waals surface area contributed by atoms with Gasteiger partial charge in [-0.2, -0.15) is 0 Å². The summed E-state index contributed by atoms with van der Waals surface area (Å²) in [5.41, 5.74) is 1.58. The highest BCUT2D eigenvalue weighted by atomic mass is 16.5. The molecule has 0 saturated heterocycles. The Morgan fingerprint density at radius 3 is 2.60 bits per heavy atom. The molecule has 0 bridgehead atoms. The van der Waals surface area contributed by atoms with E-state index >= 15 is 0 Å². The third-order valence-electron chi connectivity index (χ3n) is 2.43. The number of ether oxygens (including phenoxy) is 1. The predicted octanol–water partition coefficient (Wildman–Crippen LogP) is 1.94. The fraction of sp³-hybridized carbons (Fsp3) is 0.636. The summed E-state index contributed by atoms with van der Waals surface area (Å²) < 4.78 is 5.25. The van der Waals surface area contributed by atoms with Gasteiger partial charge in [0.1, 0.15) is 6.10 Å². The molecule has 2 atom stereocenters. The first kappa shape index (κ1) is 12.1. The maximum absolute atomic E-state index is 9.44. The SMILES string of the molecule is CCC(OC)c1ncc([C@H](C)O)c(C)n1. The van der Waals surface area contributed by atoms with Crippen molar-refractivity contribution < 1.29 is 9.84 Å². The molecule has 1 N–H and O–H groups in total. The Bertz CT molecular complexity index is 322. The minimum Gasteiger partial charge on any atom is -0.389 e. The number of aliphatic hydroxyl groups excluding tert-OH is 1. The van der Waals surface area contributed by atoms with Gasteiger partial charge in [-0.25, -0.2) is 9.97 Å². The van der Waals surface area contributed by atoms with E-state index in [1.54, 1.807) is 20.2 Å². The van der Waals surface area contributed by atoms with Crippen molar-refractivity contribution in [3.05, 3.63) is 23.3 Å². The van der Waals surface area contributed by atoms with Crippen molar-refractivity contribution in [2.24, 2.45) is 0 Å². The normalized spacial score (nSPS) is 15.0. The van der Waals surface area contributed by atoms with Crippen LogP contribution in [0, 0.1) is 6.92 Å². The number of aromatic nitrogens is 2. The Morgan fingerprint density at radius 2 is 2.20 bits per heavy atom. The Kier molecular flexibility index (Phi) is 4.17. The molecule has 0 aliphatic rings. The van der Waals surface area contributed by atoms with Gasteiger partial charge in [-0.15, -0.1) is 0 Å². The van der Waals surface area contributed by atoms with Crippen LogP contribution in [0.3, 0.4) is 0 Å². The van der Waals surface area contributed by atoms with Gasteiger partial charge in [-0.1, -0.05) is 6.92 Å². The molecule has 1 rings (SSSR count). The van der Waals surface area contributed by atoms with Crippen LogP contribution >= 0.6 is 0 Å². The van der Waals surface area contributed by atoms with Crippen molar-refractivity contribution in [3.63, 3.8) is 0 Å². The molecule has 1 aromatic rings. The van der Waals surface area contributed by atoms with Gasteiger partial charge in [0.2, 0.25) is 0 Å². The predicted molar refractivity (Wildman–Crippen MR) is 57.4 cm³/mol. The minimum atomic E-state index is -0.526. The number of aliphatic hydroxyl groups is 1. The topological polar surface area (TPSA) is 55.2 Å². The third kappa shape index (κ3) is 2.73. The second-order valence-electron chi connectivity index (χ2n) is 3.58. The van der Waals surface area contributed by atoms with Crippen LogP contribution in [-0.4, -0.2) is 22.2 Å². The quantitative estimate of drug-likeness (QED) is 0.825. The van der Waals surface area contributed by atoms with Crippen LogP contribution in [-0.2, 0) is 4.74 Å². The van der Waals surface area contributed by atoms with E-state index in [2.05, 4.69) is 9.97 Å². The minimum absolute atomic E-state index is 0.0632. The highest BCUT2D eigenvalue weighted by Gasteiger charge is 2.14. The third-order valence-corrected chi connectivity index (χ3v) is 2.43. The van der Waals surface area contributed by atoms with Crippen molar-refractivity contribution in [2.75, 3.05) is 7.11 Å². The highest BCUT2D eigenvalue weighted by Crippen LogP contribution is 2.19. The maximum atomic E-state index is 9.44. The average molecular weight is 210 g/mol. The summed E-state index contributed by atoms with van der Waals surface area (Å²) in [6.45, 7) is 5.60. The molecule has 0 aromatic carbocycles. The van der Waals surface area contributed by atoms with Crippen LogP contribution in [0.15, 0.2) is 6.20 Å². The van der Waals surface area contributed by atoms with E-state index in [1.165, 1.54) is 0 Å². The first-order chi connectivity index (χ1) is 7.10. The van der Waals surface area contributed by atoms with Crippen molar-refractivity contribution in [2.45, 2.75) is 39.4 Å². The molecule has 0 aliphatic carbocycles. The number of nitrogens with zero attached hydrogens (tertiary/aromatic N) is 2. The number of hydrogen-bond acceptors (Lipinski definition) is 4. The summed E-state index contributed by atoms with van der Waals surface area (Å²) in [4.78, 5) is 8.55. The molecule has 0 radical (unpaired) electrons. The van der Waals surface area contributed by atoms with E-state index in [0.29, 0.717) is 5.82 Å². The van der Waals surface area contributed by atoms with E-state index in [1.807, 2.05) is 13.8 Å². The number of methoxy groups -OCH3 is 1. The molecule has 0 amide bonds. The molecule has 0 saturated carbocycles. The fourth-order valence-corrected chi connectivity index (χ4v) is 1.51. The monoisotopic (exact) mass is 210 g/mol. The Labute approximate surface area is 90.3 Å². The van der Waals surface area contributed by atoms with E-state index in [0.717, 1.165) is 17.7 Å². The van der Waals surface area contributed by atoms with E-state index in [4.69, 9.17) is 4.74 Å². The Hall–Kier alpha value is -1.00. The lowest BCUT2D eigenvalue weighted by Crippen LogP contribution is -2.09. The second kappa shape index (κ2) is 5.19. The number of aryl methyl sites for hydroxylation is 1. The van der Waals surface area contributed by atoms with E-state index < -0.39 is 6.10 Å². The van der Waals surface area contributed by atoms with Crippen molar-refractivity contribution in [1.29, 1.82) is 0 Å². The maximum Gasteiger partial charge on any atom is 0.157 e. The molecular weight excluding hydrogens is 192 g/mol. The molecule has 0 spiro atoms. The van der Waals surface area contributed by atoms with Crippen LogP contribution in [0.5, 0.6) is 0 Å². The molecule has 0 fully saturated rings. The fourth-order valence-electron chi connectivity index (χ4n) is 1.51. The van der Waals surface area contributed by atoms with Crippen molar-refractivity contribution >= 4 is 0 Å². The standard InChI is InChI=1S/C11H18N2O2/c1-5-10(15-4)11-12-6-9(8(3)14)7(2)13-11/h6,8,10,14H,5H2,1-4H3/t8-,10?/m0/s1. The molecule has 15 heavy (non-hydrogen) atoms. The van der Waals surface area contributed by atoms with Crippen LogP contribution in [0.4, 0.5) is 0 Å². The van der Waals surface area contributed by atoms with Gasteiger partial charge >= 0.3 is 0 Å². The zero-order valence-electron chi connectivity index (χ0n) is 9.69. The lowest BCUT2D eigenvalue weighted by molar-refractivity contribution is 0.0921. The van der Waals surface area contributed by atoms with Gasteiger partial charge in [0.05, 0.1) is 6.10 Å². The molecule has 84 valence electrons. The summed E-state index contributed by atoms with van der Waals surface area (Å²) in [6, 6.07) is 0.